The van der Waals surface area contributed by atoms with Crippen LogP contribution >= 0.6 is 11.6 Å². The molecular formula is C14H15ClN2O2. The Labute approximate surface area is 116 Å². The number of halogens is 1. The lowest BCUT2D eigenvalue weighted by Gasteiger charge is -2.12. The van der Waals surface area contributed by atoms with Gasteiger partial charge in [-0.05, 0) is 29.8 Å². The van der Waals surface area contributed by atoms with Gasteiger partial charge < -0.3 is 20.9 Å². The minimum Gasteiger partial charge on any atom is -0.495 e. The van der Waals surface area contributed by atoms with Gasteiger partial charge in [0.1, 0.15) is 11.5 Å². The van der Waals surface area contributed by atoms with Crippen LogP contribution in [0.2, 0.25) is 5.02 Å². The van der Waals surface area contributed by atoms with Crippen molar-refractivity contribution in [3.8, 4) is 22.6 Å². The smallest absolute Gasteiger partial charge is 0.142 e. The van der Waals surface area contributed by atoms with Crippen molar-refractivity contribution < 1.29 is 9.47 Å². The van der Waals surface area contributed by atoms with Gasteiger partial charge in [-0.25, -0.2) is 0 Å². The maximum Gasteiger partial charge on any atom is 0.142 e. The fraction of sp³-hybridized carbons (Fsp3) is 0.143. The van der Waals surface area contributed by atoms with Crippen molar-refractivity contribution in [2.75, 3.05) is 25.7 Å². The summed E-state index contributed by atoms with van der Waals surface area (Å²) in [5, 5.41) is 0.546. The van der Waals surface area contributed by atoms with Crippen LogP contribution in [0.25, 0.3) is 11.1 Å². The van der Waals surface area contributed by atoms with Crippen LogP contribution in [0, 0.1) is 0 Å². The standard InChI is InChI=1S/C14H15ClN2O2/c1-18-13-5-8(3-4-11(13)16)9-6-14(19-2)12(17)7-10(9)15/h3-7H,16-17H2,1-2H3. The summed E-state index contributed by atoms with van der Waals surface area (Å²) in [7, 11) is 3.13. The van der Waals surface area contributed by atoms with Crippen LogP contribution in [-0.4, -0.2) is 14.2 Å². The summed E-state index contributed by atoms with van der Waals surface area (Å²) in [6.07, 6.45) is 0. The number of nitrogen functional groups attached to an aromatic ring is 2. The Hall–Kier alpha value is -2.07. The molecule has 100 valence electrons. The van der Waals surface area contributed by atoms with E-state index in [0.717, 1.165) is 11.1 Å². The zero-order chi connectivity index (χ0) is 14.0. The monoisotopic (exact) mass is 278 g/mol. The second kappa shape index (κ2) is 5.28. The van der Waals surface area contributed by atoms with E-state index < -0.39 is 0 Å². The van der Waals surface area contributed by atoms with E-state index in [-0.39, 0.29) is 0 Å². The molecule has 19 heavy (non-hydrogen) atoms. The van der Waals surface area contributed by atoms with E-state index in [4.69, 9.17) is 32.5 Å². The molecule has 0 unspecified atom stereocenters. The van der Waals surface area contributed by atoms with E-state index in [1.54, 1.807) is 32.4 Å². The maximum absolute atomic E-state index is 6.22. The summed E-state index contributed by atoms with van der Waals surface area (Å²) in [6.45, 7) is 0. The Bertz CT molecular complexity index is 615. The van der Waals surface area contributed by atoms with Crippen molar-refractivity contribution in [3.05, 3.63) is 35.4 Å². The highest BCUT2D eigenvalue weighted by Crippen LogP contribution is 2.37. The molecule has 0 saturated carbocycles. The largest absolute Gasteiger partial charge is 0.495 e. The fourth-order valence-electron chi connectivity index (χ4n) is 1.85. The predicted octanol–water partition coefficient (Wildman–Crippen LogP) is 3.19. The highest BCUT2D eigenvalue weighted by molar-refractivity contribution is 6.33. The van der Waals surface area contributed by atoms with Gasteiger partial charge in [-0.3, -0.25) is 0 Å². The second-order valence-corrected chi connectivity index (χ2v) is 4.44. The summed E-state index contributed by atoms with van der Waals surface area (Å²) in [5.41, 5.74) is 14.4. The van der Waals surface area contributed by atoms with E-state index in [1.165, 1.54) is 0 Å². The lowest BCUT2D eigenvalue weighted by atomic mass is 10.0. The number of hydrogen-bond acceptors (Lipinski definition) is 4. The van der Waals surface area contributed by atoms with Crippen LogP contribution < -0.4 is 20.9 Å². The Morgan fingerprint density at radius 2 is 1.53 bits per heavy atom. The van der Waals surface area contributed by atoms with Gasteiger partial charge in [0.05, 0.1) is 30.6 Å². The summed E-state index contributed by atoms with van der Waals surface area (Å²) < 4.78 is 10.4. The normalized spacial score (nSPS) is 10.3. The molecule has 0 bridgehead atoms. The number of benzene rings is 2. The van der Waals surface area contributed by atoms with Gasteiger partial charge >= 0.3 is 0 Å². The minimum absolute atomic E-state index is 0.499. The first kappa shape index (κ1) is 13.4. The zero-order valence-electron chi connectivity index (χ0n) is 10.7. The molecule has 0 saturated heterocycles. The van der Waals surface area contributed by atoms with Gasteiger partial charge in [0.25, 0.3) is 0 Å². The predicted molar refractivity (Wildman–Crippen MR) is 78.8 cm³/mol. The zero-order valence-corrected chi connectivity index (χ0v) is 11.5. The first-order valence-electron chi connectivity index (χ1n) is 5.63. The van der Waals surface area contributed by atoms with Crippen LogP contribution in [0.1, 0.15) is 0 Å². The van der Waals surface area contributed by atoms with E-state index in [1.807, 2.05) is 12.1 Å². The number of ether oxygens (including phenoxy) is 2. The molecule has 0 amide bonds. The SMILES string of the molecule is COc1cc(-c2cc(OC)c(N)cc2Cl)ccc1N. The van der Waals surface area contributed by atoms with Crippen molar-refractivity contribution in [1.82, 2.24) is 0 Å². The van der Waals surface area contributed by atoms with Gasteiger partial charge in [-0.1, -0.05) is 17.7 Å². The van der Waals surface area contributed by atoms with Crippen LogP contribution in [0.3, 0.4) is 0 Å². The molecule has 2 aromatic carbocycles. The number of hydrogen-bond donors (Lipinski definition) is 2. The molecule has 0 aliphatic carbocycles. The molecule has 2 aromatic rings. The van der Waals surface area contributed by atoms with Crippen LogP contribution in [0.4, 0.5) is 11.4 Å². The first-order valence-corrected chi connectivity index (χ1v) is 6.01. The van der Waals surface area contributed by atoms with Crippen molar-refractivity contribution in [2.24, 2.45) is 0 Å². The third-order valence-corrected chi connectivity index (χ3v) is 3.18. The summed E-state index contributed by atoms with van der Waals surface area (Å²) in [5.74, 6) is 1.18. The van der Waals surface area contributed by atoms with Crippen LogP contribution in [0.5, 0.6) is 11.5 Å². The van der Waals surface area contributed by atoms with Gasteiger partial charge in [0, 0.05) is 5.56 Å². The van der Waals surface area contributed by atoms with Crippen LogP contribution in [-0.2, 0) is 0 Å². The van der Waals surface area contributed by atoms with E-state index in [2.05, 4.69) is 0 Å². The molecule has 0 aromatic heterocycles. The minimum atomic E-state index is 0.499. The van der Waals surface area contributed by atoms with E-state index in [0.29, 0.717) is 27.9 Å². The molecule has 2 rings (SSSR count). The number of rotatable bonds is 3. The van der Waals surface area contributed by atoms with Crippen molar-refractivity contribution in [1.29, 1.82) is 0 Å². The number of methoxy groups -OCH3 is 2. The molecule has 0 heterocycles. The lowest BCUT2D eigenvalue weighted by molar-refractivity contribution is 0.416. The molecule has 0 aliphatic rings. The first-order chi connectivity index (χ1) is 9.06. The van der Waals surface area contributed by atoms with E-state index >= 15 is 0 Å². The second-order valence-electron chi connectivity index (χ2n) is 4.03. The number of nitrogens with two attached hydrogens (primary N) is 2. The molecule has 0 radical (unpaired) electrons. The third-order valence-electron chi connectivity index (χ3n) is 2.86. The molecular weight excluding hydrogens is 264 g/mol. The average molecular weight is 279 g/mol. The topological polar surface area (TPSA) is 70.5 Å². The highest BCUT2D eigenvalue weighted by atomic mass is 35.5. The lowest BCUT2D eigenvalue weighted by Crippen LogP contribution is -1.95. The molecule has 0 fully saturated rings. The van der Waals surface area contributed by atoms with Crippen LogP contribution in [0.15, 0.2) is 30.3 Å². The molecule has 4 nitrogen and oxygen atoms in total. The van der Waals surface area contributed by atoms with Gasteiger partial charge in [-0.15, -0.1) is 0 Å². The van der Waals surface area contributed by atoms with Gasteiger partial charge in [0.15, 0.2) is 0 Å². The Kier molecular flexibility index (Phi) is 3.71. The maximum atomic E-state index is 6.22. The molecule has 0 spiro atoms. The molecule has 5 heteroatoms. The van der Waals surface area contributed by atoms with Gasteiger partial charge in [0.2, 0.25) is 0 Å². The Morgan fingerprint density at radius 1 is 0.895 bits per heavy atom. The van der Waals surface area contributed by atoms with Crippen molar-refractivity contribution in [3.63, 3.8) is 0 Å². The van der Waals surface area contributed by atoms with Crippen molar-refractivity contribution in [2.45, 2.75) is 0 Å². The fourth-order valence-corrected chi connectivity index (χ4v) is 2.13. The quantitative estimate of drug-likeness (QED) is 0.846. The summed E-state index contributed by atoms with van der Waals surface area (Å²) in [6, 6.07) is 8.93. The average Bonchev–Trinajstić information content (AvgIpc) is 2.40. The Balaban J connectivity index is 2.58. The molecule has 0 aliphatic heterocycles. The Morgan fingerprint density at radius 3 is 2.16 bits per heavy atom. The summed E-state index contributed by atoms with van der Waals surface area (Å²) >= 11 is 6.22. The van der Waals surface area contributed by atoms with E-state index in [9.17, 15) is 0 Å². The summed E-state index contributed by atoms with van der Waals surface area (Å²) in [4.78, 5) is 0. The third kappa shape index (κ3) is 2.53. The number of anilines is 2. The molecule has 0 atom stereocenters. The highest BCUT2D eigenvalue weighted by Gasteiger charge is 2.11. The van der Waals surface area contributed by atoms with Crippen molar-refractivity contribution >= 4 is 23.0 Å². The van der Waals surface area contributed by atoms with Gasteiger partial charge in [-0.2, -0.15) is 0 Å². The molecule has 4 N–H and O–H groups in total.